The van der Waals surface area contributed by atoms with Crippen molar-refractivity contribution < 1.29 is 5.11 Å². The summed E-state index contributed by atoms with van der Waals surface area (Å²) in [5.41, 5.74) is 11.9. The summed E-state index contributed by atoms with van der Waals surface area (Å²) in [6, 6.07) is 0.113. The lowest BCUT2D eigenvalue weighted by Crippen LogP contribution is -2.36. The number of rotatable bonds is 2. The van der Waals surface area contributed by atoms with Crippen LogP contribution in [0.1, 0.15) is 13.3 Å². The molecule has 7 N–H and O–H groups in total. The number of hydrogen-bond donors (Lipinski definition) is 5. The Bertz CT molecular complexity index is 394. The van der Waals surface area contributed by atoms with Gasteiger partial charge in [0.05, 0.1) is 6.10 Å². The van der Waals surface area contributed by atoms with Crippen LogP contribution in [0.3, 0.4) is 0 Å². The van der Waals surface area contributed by atoms with Gasteiger partial charge in [-0.05, 0) is 13.3 Å². The molecule has 7 nitrogen and oxygen atoms in total. The molecule has 0 aromatic carbocycles. The van der Waals surface area contributed by atoms with Crippen LogP contribution in [0.15, 0.2) is 0 Å². The van der Waals surface area contributed by atoms with Crippen molar-refractivity contribution in [2.45, 2.75) is 25.5 Å². The number of nitrogens with two attached hydrogens (primary N) is 2. The predicted octanol–water partition coefficient (Wildman–Crippen LogP) is -0.382. The standard InChI is InChI=1S/C9H16N6O/c1-4(16)2-5-3-12-8-6(13-5)7(10)14-9(11)15-8/h4-5,13,16H,2-3H2,1H3,(H5,10,11,12,14,15). The highest BCUT2D eigenvalue weighted by Crippen LogP contribution is 2.30. The van der Waals surface area contributed by atoms with Gasteiger partial charge in [-0.2, -0.15) is 9.97 Å². The molecule has 0 bridgehead atoms. The van der Waals surface area contributed by atoms with E-state index in [9.17, 15) is 5.11 Å². The van der Waals surface area contributed by atoms with Gasteiger partial charge in [0.1, 0.15) is 5.69 Å². The van der Waals surface area contributed by atoms with Crippen molar-refractivity contribution in [3.63, 3.8) is 0 Å². The van der Waals surface area contributed by atoms with E-state index in [1.54, 1.807) is 6.92 Å². The van der Waals surface area contributed by atoms with E-state index in [1.165, 1.54) is 0 Å². The number of fused-ring (bicyclic) bond motifs is 1. The van der Waals surface area contributed by atoms with Gasteiger partial charge in [0.25, 0.3) is 0 Å². The van der Waals surface area contributed by atoms with Gasteiger partial charge in [-0.1, -0.05) is 0 Å². The first-order valence-corrected chi connectivity index (χ1v) is 5.17. The molecule has 16 heavy (non-hydrogen) atoms. The zero-order valence-electron chi connectivity index (χ0n) is 9.07. The minimum absolute atomic E-state index is 0.113. The Labute approximate surface area is 93.3 Å². The van der Waals surface area contributed by atoms with Crippen LogP contribution in [0.2, 0.25) is 0 Å². The summed E-state index contributed by atoms with van der Waals surface area (Å²) in [4.78, 5) is 7.92. The molecule has 1 aromatic heterocycles. The van der Waals surface area contributed by atoms with Crippen molar-refractivity contribution in [3.8, 4) is 0 Å². The number of nitrogen functional groups attached to an aromatic ring is 2. The molecule has 0 spiro atoms. The van der Waals surface area contributed by atoms with Gasteiger partial charge in [-0.3, -0.25) is 0 Å². The molecule has 0 amide bonds. The highest BCUT2D eigenvalue weighted by molar-refractivity contribution is 5.78. The van der Waals surface area contributed by atoms with E-state index >= 15 is 0 Å². The summed E-state index contributed by atoms with van der Waals surface area (Å²) in [7, 11) is 0. The Hall–Kier alpha value is -1.76. The third-order valence-corrected chi connectivity index (χ3v) is 2.44. The molecular weight excluding hydrogens is 208 g/mol. The quantitative estimate of drug-likeness (QED) is 0.464. The van der Waals surface area contributed by atoms with Gasteiger partial charge in [0.15, 0.2) is 11.6 Å². The number of nitrogens with one attached hydrogen (secondary N) is 2. The number of nitrogens with zero attached hydrogens (tertiary/aromatic N) is 2. The summed E-state index contributed by atoms with van der Waals surface area (Å²) in [5.74, 6) is 1.09. The Morgan fingerprint density at radius 2 is 2.25 bits per heavy atom. The first kappa shape index (κ1) is 10.7. The lowest BCUT2D eigenvalue weighted by Gasteiger charge is -2.28. The topological polar surface area (TPSA) is 122 Å². The maximum absolute atomic E-state index is 9.32. The number of hydrogen-bond acceptors (Lipinski definition) is 7. The van der Waals surface area contributed by atoms with Gasteiger partial charge in [0, 0.05) is 12.6 Å². The van der Waals surface area contributed by atoms with E-state index < -0.39 is 0 Å². The molecular formula is C9H16N6O. The Morgan fingerprint density at radius 1 is 1.50 bits per heavy atom. The van der Waals surface area contributed by atoms with Crippen LogP contribution >= 0.6 is 0 Å². The van der Waals surface area contributed by atoms with Gasteiger partial charge < -0.3 is 27.2 Å². The van der Waals surface area contributed by atoms with Crippen molar-refractivity contribution in [3.05, 3.63) is 0 Å². The maximum Gasteiger partial charge on any atom is 0.224 e. The van der Waals surface area contributed by atoms with Crippen molar-refractivity contribution in [2.75, 3.05) is 28.6 Å². The summed E-state index contributed by atoms with van der Waals surface area (Å²) >= 11 is 0. The SMILES string of the molecule is CC(O)CC1CNc2nc(N)nc(N)c2N1. The second-order valence-electron chi connectivity index (χ2n) is 4.00. The van der Waals surface area contributed by atoms with E-state index in [1.807, 2.05) is 0 Å². The second kappa shape index (κ2) is 4.01. The highest BCUT2D eigenvalue weighted by atomic mass is 16.3. The number of aromatic nitrogens is 2. The predicted molar refractivity (Wildman–Crippen MR) is 63.1 cm³/mol. The summed E-state index contributed by atoms with van der Waals surface area (Å²) < 4.78 is 0. The molecule has 0 aliphatic carbocycles. The largest absolute Gasteiger partial charge is 0.393 e. The van der Waals surface area contributed by atoms with Crippen LogP contribution in [0.25, 0.3) is 0 Å². The first-order chi connectivity index (χ1) is 7.56. The Morgan fingerprint density at radius 3 is 2.94 bits per heavy atom. The van der Waals surface area contributed by atoms with Crippen LogP contribution in [0.4, 0.5) is 23.3 Å². The molecule has 1 aromatic rings. The maximum atomic E-state index is 9.32. The molecule has 2 rings (SSSR count). The number of aliphatic hydroxyl groups is 1. The number of anilines is 4. The Kier molecular flexibility index (Phi) is 2.69. The molecule has 1 aliphatic rings. The van der Waals surface area contributed by atoms with Gasteiger partial charge in [0.2, 0.25) is 5.95 Å². The zero-order chi connectivity index (χ0) is 11.7. The fourth-order valence-corrected chi connectivity index (χ4v) is 1.80. The van der Waals surface area contributed by atoms with Gasteiger partial charge >= 0.3 is 0 Å². The molecule has 0 fully saturated rings. The van der Waals surface area contributed by atoms with E-state index in [-0.39, 0.29) is 18.1 Å². The third-order valence-electron chi connectivity index (χ3n) is 2.44. The normalized spacial score (nSPS) is 20.5. The fraction of sp³-hybridized carbons (Fsp3) is 0.556. The van der Waals surface area contributed by atoms with Gasteiger partial charge in [-0.25, -0.2) is 0 Å². The molecule has 0 radical (unpaired) electrons. The lowest BCUT2D eigenvalue weighted by atomic mass is 10.1. The van der Waals surface area contributed by atoms with Crippen LogP contribution in [-0.4, -0.2) is 33.8 Å². The molecule has 2 atom stereocenters. The minimum atomic E-state index is -0.364. The molecule has 0 saturated carbocycles. The van der Waals surface area contributed by atoms with E-state index in [2.05, 4.69) is 20.6 Å². The first-order valence-electron chi connectivity index (χ1n) is 5.17. The smallest absolute Gasteiger partial charge is 0.224 e. The van der Waals surface area contributed by atoms with Gasteiger partial charge in [-0.15, -0.1) is 0 Å². The van der Waals surface area contributed by atoms with Crippen molar-refractivity contribution >= 4 is 23.3 Å². The molecule has 88 valence electrons. The minimum Gasteiger partial charge on any atom is -0.393 e. The lowest BCUT2D eigenvalue weighted by molar-refractivity contribution is 0.178. The van der Waals surface area contributed by atoms with E-state index in [0.29, 0.717) is 30.3 Å². The summed E-state index contributed by atoms with van der Waals surface area (Å²) in [5, 5.41) is 15.6. The monoisotopic (exact) mass is 224 g/mol. The molecule has 1 aliphatic heterocycles. The van der Waals surface area contributed by atoms with E-state index in [0.717, 1.165) is 0 Å². The zero-order valence-corrected chi connectivity index (χ0v) is 9.07. The fourth-order valence-electron chi connectivity index (χ4n) is 1.80. The second-order valence-corrected chi connectivity index (χ2v) is 4.00. The van der Waals surface area contributed by atoms with Crippen LogP contribution in [0.5, 0.6) is 0 Å². The summed E-state index contributed by atoms with van der Waals surface area (Å²) in [6.07, 6.45) is 0.271. The third kappa shape index (κ3) is 2.08. The van der Waals surface area contributed by atoms with Crippen molar-refractivity contribution in [2.24, 2.45) is 0 Å². The van der Waals surface area contributed by atoms with E-state index in [4.69, 9.17) is 11.5 Å². The highest BCUT2D eigenvalue weighted by Gasteiger charge is 2.22. The van der Waals surface area contributed by atoms with Crippen LogP contribution in [0, 0.1) is 0 Å². The Balaban J connectivity index is 2.20. The molecule has 2 unspecified atom stereocenters. The van der Waals surface area contributed by atoms with Crippen LogP contribution < -0.4 is 22.1 Å². The average Bonchev–Trinajstić information content (AvgIpc) is 2.18. The van der Waals surface area contributed by atoms with Crippen molar-refractivity contribution in [1.29, 1.82) is 0 Å². The van der Waals surface area contributed by atoms with Crippen molar-refractivity contribution in [1.82, 2.24) is 9.97 Å². The molecule has 7 heteroatoms. The average molecular weight is 224 g/mol. The molecule has 0 saturated heterocycles. The van der Waals surface area contributed by atoms with Crippen LogP contribution in [-0.2, 0) is 0 Å². The summed E-state index contributed by atoms with van der Waals surface area (Å²) in [6.45, 7) is 2.42. The number of aliphatic hydroxyl groups excluding tert-OH is 1. The molecule has 2 heterocycles.